The first-order chi connectivity index (χ1) is 11.5. The van der Waals surface area contributed by atoms with Crippen LogP contribution in [-0.4, -0.2) is 51.9 Å². The van der Waals surface area contributed by atoms with Crippen LogP contribution in [0.1, 0.15) is 44.0 Å². The molecule has 2 aromatic rings. The van der Waals surface area contributed by atoms with Crippen LogP contribution in [0.15, 0.2) is 18.2 Å². The lowest BCUT2D eigenvalue weighted by molar-refractivity contribution is -0.130. The number of fused-ring (bicyclic) bond motifs is 1. The lowest BCUT2D eigenvalue weighted by Crippen LogP contribution is -2.32. The molecule has 0 unspecified atom stereocenters. The summed E-state index contributed by atoms with van der Waals surface area (Å²) in [6.07, 6.45) is 4.13. The van der Waals surface area contributed by atoms with E-state index in [9.17, 15) is 4.79 Å². The fourth-order valence-electron chi connectivity index (χ4n) is 3.45. The van der Waals surface area contributed by atoms with Crippen LogP contribution in [0, 0.1) is 6.92 Å². The van der Waals surface area contributed by atoms with Gasteiger partial charge in [-0.25, -0.2) is 4.98 Å². The minimum Gasteiger partial charge on any atom is -0.340 e. The number of hydrogen-bond donors (Lipinski definition) is 1. The van der Waals surface area contributed by atoms with Crippen molar-refractivity contribution in [3.05, 3.63) is 29.6 Å². The number of carbonyl (C=O) groups excluding carboxylic acids is 1. The number of aromatic amines is 1. The number of benzene rings is 1. The van der Waals surface area contributed by atoms with Crippen LogP contribution in [0.5, 0.6) is 0 Å². The Kier molecular flexibility index (Phi) is 5.19. The summed E-state index contributed by atoms with van der Waals surface area (Å²) in [4.78, 5) is 24.6. The summed E-state index contributed by atoms with van der Waals surface area (Å²) in [5.74, 6) is 1.04. The molecule has 1 saturated heterocycles. The number of imidazole rings is 1. The van der Waals surface area contributed by atoms with Crippen molar-refractivity contribution in [2.75, 3.05) is 20.1 Å². The van der Waals surface area contributed by atoms with Gasteiger partial charge in [0, 0.05) is 19.5 Å². The van der Waals surface area contributed by atoms with Crippen molar-refractivity contribution in [1.82, 2.24) is 19.8 Å². The van der Waals surface area contributed by atoms with Gasteiger partial charge in [-0.2, -0.15) is 0 Å². The van der Waals surface area contributed by atoms with Crippen molar-refractivity contribution in [3.63, 3.8) is 0 Å². The molecule has 130 valence electrons. The van der Waals surface area contributed by atoms with Crippen molar-refractivity contribution in [1.29, 1.82) is 0 Å². The number of H-pyrrole nitrogens is 1. The van der Waals surface area contributed by atoms with E-state index in [-0.39, 0.29) is 5.91 Å². The fourth-order valence-corrected chi connectivity index (χ4v) is 3.45. The lowest BCUT2D eigenvalue weighted by Gasteiger charge is -2.24. The SMILES string of the molecule is Cc1ccc2nc(CN(C)C(=O)CC[C@H](C)N3CCCC3)[nH]c2c1. The molecule has 1 fully saturated rings. The highest BCUT2D eigenvalue weighted by molar-refractivity contribution is 5.77. The Balaban J connectivity index is 1.52. The summed E-state index contributed by atoms with van der Waals surface area (Å²) in [5.41, 5.74) is 3.20. The molecule has 5 nitrogen and oxygen atoms in total. The number of nitrogens with one attached hydrogen (secondary N) is 1. The highest BCUT2D eigenvalue weighted by Crippen LogP contribution is 2.17. The number of nitrogens with zero attached hydrogens (tertiary/aromatic N) is 3. The van der Waals surface area contributed by atoms with Crippen LogP contribution in [0.25, 0.3) is 11.0 Å². The van der Waals surface area contributed by atoms with Gasteiger partial charge in [0.2, 0.25) is 5.91 Å². The van der Waals surface area contributed by atoms with E-state index in [4.69, 9.17) is 0 Å². The van der Waals surface area contributed by atoms with Gasteiger partial charge in [0.25, 0.3) is 0 Å². The average Bonchev–Trinajstić information content (AvgIpc) is 3.20. The zero-order valence-electron chi connectivity index (χ0n) is 15.0. The number of aryl methyl sites for hydroxylation is 1. The summed E-state index contributed by atoms with van der Waals surface area (Å²) >= 11 is 0. The third-order valence-electron chi connectivity index (χ3n) is 5.04. The number of carbonyl (C=O) groups is 1. The van der Waals surface area contributed by atoms with Gasteiger partial charge >= 0.3 is 0 Å². The molecule has 1 aromatic carbocycles. The molecule has 0 spiro atoms. The Morgan fingerprint density at radius 1 is 1.38 bits per heavy atom. The van der Waals surface area contributed by atoms with E-state index in [0.717, 1.165) is 23.3 Å². The van der Waals surface area contributed by atoms with Crippen molar-refractivity contribution < 1.29 is 4.79 Å². The van der Waals surface area contributed by atoms with Crippen LogP contribution < -0.4 is 0 Å². The van der Waals surface area contributed by atoms with Crippen LogP contribution in [-0.2, 0) is 11.3 Å². The van der Waals surface area contributed by atoms with Crippen LogP contribution >= 0.6 is 0 Å². The third kappa shape index (κ3) is 3.96. The fraction of sp³-hybridized carbons (Fsp3) is 0.579. The van der Waals surface area contributed by atoms with Gasteiger partial charge in [-0.1, -0.05) is 6.07 Å². The molecule has 0 saturated carbocycles. The second kappa shape index (κ2) is 7.34. The summed E-state index contributed by atoms with van der Waals surface area (Å²) in [6.45, 7) is 7.20. The minimum atomic E-state index is 0.192. The Bertz CT molecular complexity index is 702. The lowest BCUT2D eigenvalue weighted by atomic mass is 10.1. The molecule has 1 aliphatic heterocycles. The summed E-state index contributed by atoms with van der Waals surface area (Å²) in [7, 11) is 1.86. The van der Waals surface area contributed by atoms with Crippen molar-refractivity contribution in [2.45, 2.75) is 52.1 Å². The standard InChI is InChI=1S/C19H28N4O/c1-14-6-8-16-17(12-14)21-18(20-16)13-22(3)19(24)9-7-15(2)23-10-4-5-11-23/h6,8,12,15H,4-5,7,9-11,13H2,1-3H3,(H,20,21)/t15-/m0/s1. The first kappa shape index (κ1) is 17.0. The normalized spacial score (nSPS) is 16.6. The van der Waals surface area contributed by atoms with Crippen molar-refractivity contribution >= 4 is 16.9 Å². The first-order valence-corrected chi connectivity index (χ1v) is 8.96. The maximum Gasteiger partial charge on any atom is 0.222 e. The molecule has 0 radical (unpaired) electrons. The van der Waals surface area contributed by atoms with Gasteiger partial charge < -0.3 is 14.8 Å². The molecular weight excluding hydrogens is 300 g/mol. The molecule has 1 aromatic heterocycles. The van der Waals surface area contributed by atoms with Gasteiger partial charge in [-0.15, -0.1) is 0 Å². The third-order valence-corrected chi connectivity index (χ3v) is 5.04. The monoisotopic (exact) mass is 328 g/mol. The molecule has 5 heteroatoms. The average molecular weight is 328 g/mol. The number of hydrogen-bond acceptors (Lipinski definition) is 3. The van der Waals surface area contributed by atoms with Gasteiger partial charge in [0.15, 0.2) is 0 Å². The molecule has 0 bridgehead atoms. The van der Waals surface area contributed by atoms with Crippen LogP contribution in [0.2, 0.25) is 0 Å². The summed E-state index contributed by atoms with van der Waals surface area (Å²) in [6, 6.07) is 6.66. The molecule has 1 amide bonds. The topological polar surface area (TPSA) is 52.2 Å². The van der Waals surface area contributed by atoms with E-state index in [1.807, 2.05) is 13.1 Å². The molecule has 0 aliphatic carbocycles. The molecular formula is C19H28N4O. The van der Waals surface area contributed by atoms with E-state index < -0.39 is 0 Å². The van der Waals surface area contributed by atoms with E-state index in [1.165, 1.54) is 31.5 Å². The highest BCUT2D eigenvalue weighted by Gasteiger charge is 2.20. The van der Waals surface area contributed by atoms with Gasteiger partial charge in [0.05, 0.1) is 17.6 Å². The second-order valence-corrected chi connectivity index (χ2v) is 7.08. The van der Waals surface area contributed by atoms with E-state index >= 15 is 0 Å². The Hall–Kier alpha value is -1.88. The first-order valence-electron chi connectivity index (χ1n) is 8.96. The zero-order valence-corrected chi connectivity index (χ0v) is 15.0. The molecule has 1 N–H and O–H groups in total. The summed E-state index contributed by atoms with van der Waals surface area (Å²) in [5, 5.41) is 0. The molecule has 1 aliphatic rings. The molecule has 2 heterocycles. The smallest absolute Gasteiger partial charge is 0.222 e. The highest BCUT2D eigenvalue weighted by atomic mass is 16.2. The number of aromatic nitrogens is 2. The van der Waals surface area contributed by atoms with E-state index in [2.05, 4.69) is 40.8 Å². The second-order valence-electron chi connectivity index (χ2n) is 7.08. The zero-order chi connectivity index (χ0) is 17.1. The Morgan fingerprint density at radius 2 is 2.12 bits per heavy atom. The Morgan fingerprint density at radius 3 is 2.88 bits per heavy atom. The summed E-state index contributed by atoms with van der Waals surface area (Å²) < 4.78 is 0. The molecule has 3 rings (SSSR count). The van der Waals surface area contributed by atoms with E-state index in [1.54, 1.807) is 4.90 Å². The predicted molar refractivity (Wildman–Crippen MR) is 96.8 cm³/mol. The molecule has 1 atom stereocenters. The Labute approximate surface area is 144 Å². The van der Waals surface area contributed by atoms with Crippen LogP contribution in [0.4, 0.5) is 0 Å². The van der Waals surface area contributed by atoms with Crippen LogP contribution in [0.3, 0.4) is 0 Å². The largest absolute Gasteiger partial charge is 0.340 e. The quantitative estimate of drug-likeness (QED) is 0.886. The number of likely N-dealkylation sites (tertiary alicyclic amines) is 1. The maximum atomic E-state index is 12.4. The number of amides is 1. The van der Waals surface area contributed by atoms with E-state index in [0.29, 0.717) is 19.0 Å². The van der Waals surface area contributed by atoms with Crippen molar-refractivity contribution in [3.8, 4) is 0 Å². The van der Waals surface area contributed by atoms with Gasteiger partial charge in [-0.3, -0.25) is 4.79 Å². The number of rotatable bonds is 6. The van der Waals surface area contributed by atoms with Crippen molar-refractivity contribution in [2.24, 2.45) is 0 Å². The minimum absolute atomic E-state index is 0.192. The van der Waals surface area contributed by atoms with Gasteiger partial charge in [0.1, 0.15) is 5.82 Å². The maximum absolute atomic E-state index is 12.4. The predicted octanol–water partition coefficient (Wildman–Crippen LogP) is 3.09. The van der Waals surface area contributed by atoms with Gasteiger partial charge in [-0.05, 0) is 63.9 Å². The molecule has 24 heavy (non-hydrogen) atoms.